The molecule has 0 aliphatic heterocycles. The first kappa shape index (κ1) is 13.7. The molecule has 0 atom stereocenters. The maximum atomic E-state index is 5.68. The van der Waals surface area contributed by atoms with Crippen molar-refractivity contribution in [3.63, 3.8) is 0 Å². The number of hydrogen-bond acceptors (Lipinski definition) is 3. The normalized spacial score (nSPS) is 10.2. The fourth-order valence-electron chi connectivity index (χ4n) is 1.81. The first-order chi connectivity index (χ1) is 8.15. The topological polar surface area (TPSA) is 27.7 Å². The Morgan fingerprint density at radius 2 is 1.18 bits per heavy atom. The lowest BCUT2D eigenvalue weighted by molar-refractivity contribution is 0.300. The quantitative estimate of drug-likeness (QED) is 0.759. The average molecular weight is 238 g/mol. The molecule has 0 spiro atoms. The van der Waals surface area contributed by atoms with Crippen LogP contribution in [-0.2, 0) is 0 Å². The van der Waals surface area contributed by atoms with Crippen molar-refractivity contribution in [1.82, 2.24) is 0 Å². The largest absolute Gasteiger partial charge is 0.493 e. The smallest absolute Gasteiger partial charge is 0.132 e. The molecular formula is C14H22O3. The van der Waals surface area contributed by atoms with Crippen LogP contribution < -0.4 is 14.2 Å². The van der Waals surface area contributed by atoms with Crippen molar-refractivity contribution < 1.29 is 14.2 Å². The van der Waals surface area contributed by atoms with Crippen LogP contribution in [0.4, 0.5) is 0 Å². The molecule has 3 nitrogen and oxygen atoms in total. The van der Waals surface area contributed by atoms with E-state index in [0.29, 0.717) is 19.8 Å². The van der Waals surface area contributed by atoms with Gasteiger partial charge in [0.1, 0.15) is 17.2 Å². The number of benzene rings is 1. The zero-order chi connectivity index (χ0) is 12.8. The van der Waals surface area contributed by atoms with Gasteiger partial charge in [-0.1, -0.05) is 0 Å². The molecule has 0 aliphatic rings. The fourth-order valence-corrected chi connectivity index (χ4v) is 1.81. The van der Waals surface area contributed by atoms with E-state index in [9.17, 15) is 0 Å². The van der Waals surface area contributed by atoms with E-state index in [0.717, 1.165) is 28.4 Å². The molecule has 0 bridgehead atoms. The molecule has 0 saturated heterocycles. The highest BCUT2D eigenvalue weighted by atomic mass is 16.5. The molecule has 1 aromatic carbocycles. The Morgan fingerprint density at radius 1 is 0.765 bits per heavy atom. The van der Waals surface area contributed by atoms with E-state index in [1.54, 1.807) is 0 Å². The second-order valence-electron chi connectivity index (χ2n) is 3.75. The second-order valence-corrected chi connectivity index (χ2v) is 3.75. The number of rotatable bonds is 6. The summed E-state index contributed by atoms with van der Waals surface area (Å²) in [6, 6.07) is 1.94. The van der Waals surface area contributed by atoms with E-state index in [2.05, 4.69) is 0 Å². The molecule has 0 fully saturated rings. The van der Waals surface area contributed by atoms with Crippen molar-refractivity contribution in [2.75, 3.05) is 19.8 Å². The third-order valence-electron chi connectivity index (χ3n) is 2.57. The molecule has 0 unspecified atom stereocenters. The summed E-state index contributed by atoms with van der Waals surface area (Å²) < 4.78 is 16.9. The second kappa shape index (κ2) is 6.38. The Hall–Kier alpha value is -1.38. The lowest BCUT2D eigenvalue weighted by Gasteiger charge is -2.18. The van der Waals surface area contributed by atoms with Gasteiger partial charge in [-0.15, -0.1) is 0 Å². The molecule has 0 amide bonds. The summed E-state index contributed by atoms with van der Waals surface area (Å²) >= 11 is 0. The van der Waals surface area contributed by atoms with Gasteiger partial charge in [-0.2, -0.15) is 0 Å². The SMILES string of the molecule is CCOc1cc(OCC)c(C)c(OCC)c1C. The fraction of sp³-hybridized carbons (Fsp3) is 0.571. The molecule has 1 rings (SSSR count). The minimum Gasteiger partial charge on any atom is -0.493 e. The number of hydrogen-bond donors (Lipinski definition) is 0. The first-order valence-corrected chi connectivity index (χ1v) is 6.18. The molecule has 0 aromatic heterocycles. The van der Waals surface area contributed by atoms with Gasteiger partial charge >= 0.3 is 0 Å². The highest BCUT2D eigenvalue weighted by Crippen LogP contribution is 2.38. The monoisotopic (exact) mass is 238 g/mol. The van der Waals surface area contributed by atoms with Gasteiger partial charge in [0, 0.05) is 17.2 Å². The van der Waals surface area contributed by atoms with Gasteiger partial charge in [0.15, 0.2) is 0 Å². The summed E-state index contributed by atoms with van der Waals surface area (Å²) in [5, 5.41) is 0. The predicted octanol–water partition coefficient (Wildman–Crippen LogP) is 3.50. The van der Waals surface area contributed by atoms with E-state index >= 15 is 0 Å². The standard InChI is InChI=1S/C14H22O3/c1-6-15-12-9-13(16-7-2)11(5)14(10(12)4)17-8-3/h9H,6-8H2,1-5H3. The third kappa shape index (κ3) is 3.05. The Kier molecular flexibility index (Phi) is 5.13. The Balaban J connectivity index is 3.24. The minimum absolute atomic E-state index is 0.640. The van der Waals surface area contributed by atoms with E-state index < -0.39 is 0 Å². The summed E-state index contributed by atoms with van der Waals surface area (Å²) in [5.41, 5.74) is 2.07. The van der Waals surface area contributed by atoms with Crippen LogP contribution in [0.15, 0.2) is 6.07 Å². The minimum atomic E-state index is 0.640. The molecule has 96 valence electrons. The van der Waals surface area contributed by atoms with Gasteiger partial charge in [0.05, 0.1) is 19.8 Å². The van der Waals surface area contributed by atoms with Crippen LogP contribution in [-0.4, -0.2) is 19.8 Å². The van der Waals surface area contributed by atoms with Gasteiger partial charge in [-0.3, -0.25) is 0 Å². The lowest BCUT2D eigenvalue weighted by Crippen LogP contribution is -2.04. The first-order valence-electron chi connectivity index (χ1n) is 6.18. The van der Waals surface area contributed by atoms with Crippen molar-refractivity contribution in [3.8, 4) is 17.2 Å². The van der Waals surface area contributed by atoms with E-state index in [1.807, 2.05) is 40.7 Å². The molecule has 0 aliphatic carbocycles. The van der Waals surface area contributed by atoms with Gasteiger partial charge in [-0.05, 0) is 34.6 Å². The molecule has 3 heteroatoms. The van der Waals surface area contributed by atoms with Crippen LogP contribution in [0.3, 0.4) is 0 Å². The summed E-state index contributed by atoms with van der Waals surface area (Å²) in [7, 11) is 0. The Labute approximate surface area is 104 Å². The summed E-state index contributed by atoms with van der Waals surface area (Å²) in [6.07, 6.45) is 0. The van der Waals surface area contributed by atoms with Crippen LogP contribution in [0.2, 0.25) is 0 Å². The summed E-state index contributed by atoms with van der Waals surface area (Å²) in [6.45, 7) is 11.9. The average Bonchev–Trinajstić information content (AvgIpc) is 2.31. The maximum Gasteiger partial charge on any atom is 0.132 e. The van der Waals surface area contributed by atoms with Gasteiger partial charge in [-0.25, -0.2) is 0 Å². The molecule has 0 N–H and O–H groups in total. The maximum absolute atomic E-state index is 5.68. The summed E-state index contributed by atoms with van der Waals surface area (Å²) in [4.78, 5) is 0. The van der Waals surface area contributed by atoms with Crippen molar-refractivity contribution in [2.45, 2.75) is 34.6 Å². The van der Waals surface area contributed by atoms with E-state index in [4.69, 9.17) is 14.2 Å². The molecule has 0 radical (unpaired) electrons. The highest BCUT2D eigenvalue weighted by Gasteiger charge is 2.15. The summed E-state index contributed by atoms with van der Waals surface area (Å²) in [5.74, 6) is 2.55. The molecular weight excluding hydrogens is 216 g/mol. The van der Waals surface area contributed by atoms with Crippen LogP contribution in [0.5, 0.6) is 17.2 Å². The lowest BCUT2D eigenvalue weighted by atomic mass is 10.1. The Bertz CT molecular complexity index is 342. The van der Waals surface area contributed by atoms with Crippen LogP contribution in [0, 0.1) is 13.8 Å². The van der Waals surface area contributed by atoms with Crippen molar-refractivity contribution >= 4 is 0 Å². The van der Waals surface area contributed by atoms with Crippen LogP contribution in [0.25, 0.3) is 0 Å². The van der Waals surface area contributed by atoms with Gasteiger partial charge < -0.3 is 14.2 Å². The van der Waals surface area contributed by atoms with Gasteiger partial charge in [0.2, 0.25) is 0 Å². The zero-order valence-electron chi connectivity index (χ0n) is 11.4. The van der Waals surface area contributed by atoms with Crippen LogP contribution >= 0.6 is 0 Å². The van der Waals surface area contributed by atoms with Crippen LogP contribution in [0.1, 0.15) is 31.9 Å². The predicted molar refractivity (Wildman–Crippen MR) is 69.4 cm³/mol. The molecule has 0 saturated carbocycles. The molecule has 0 heterocycles. The Morgan fingerprint density at radius 3 is 1.53 bits per heavy atom. The molecule has 1 aromatic rings. The zero-order valence-corrected chi connectivity index (χ0v) is 11.4. The number of ether oxygens (including phenoxy) is 3. The van der Waals surface area contributed by atoms with Crippen molar-refractivity contribution in [1.29, 1.82) is 0 Å². The van der Waals surface area contributed by atoms with Crippen molar-refractivity contribution in [2.24, 2.45) is 0 Å². The van der Waals surface area contributed by atoms with E-state index in [-0.39, 0.29) is 0 Å². The van der Waals surface area contributed by atoms with Crippen molar-refractivity contribution in [3.05, 3.63) is 17.2 Å². The van der Waals surface area contributed by atoms with Gasteiger partial charge in [0.25, 0.3) is 0 Å². The third-order valence-corrected chi connectivity index (χ3v) is 2.57. The van der Waals surface area contributed by atoms with E-state index in [1.165, 1.54) is 0 Å². The highest BCUT2D eigenvalue weighted by molar-refractivity contribution is 5.56. The molecule has 17 heavy (non-hydrogen) atoms.